The molecule has 110 valence electrons. The van der Waals surface area contributed by atoms with Crippen LogP contribution in [0.15, 0.2) is 58.2 Å². The number of benzene rings is 2. The topological polar surface area (TPSA) is 59.3 Å². The quantitative estimate of drug-likeness (QED) is 0.579. The number of carbonyl (C=O) groups excluding carboxylic acids is 1. The zero-order valence-electron chi connectivity index (χ0n) is 11.8. The Bertz CT molecular complexity index is 864. The molecule has 0 bridgehead atoms. The Morgan fingerprint density at radius 3 is 2.82 bits per heavy atom. The number of fused-ring (bicyclic) bond motifs is 1. The predicted octanol–water partition coefficient (Wildman–Crippen LogP) is 3.10. The molecule has 3 rings (SSSR count). The number of nitrogens with one attached hydrogen (secondary N) is 1. The number of halogens is 1. The molecule has 1 N–H and O–H groups in total. The van der Waals surface area contributed by atoms with E-state index in [0.717, 1.165) is 16.3 Å². The Morgan fingerprint density at radius 2 is 2.05 bits per heavy atom. The zero-order chi connectivity index (χ0) is 15.5. The molecule has 0 radical (unpaired) electrons. The molecule has 6 heteroatoms. The lowest BCUT2D eigenvalue weighted by Gasteiger charge is -2.01. The molecular formula is C16H13BrN4O. The summed E-state index contributed by atoms with van der Waals surface area (Å²) in [6.07, 6.45) is 3.35. The van der Waals surface area contributed by atoms with Gasteiger partial charge in [0.2, 0.25) is 0 Å². The minimum atomic E-state index is -0.357. The highest BCUT2D eigenvalue weighted by Crippen LogP contribution is 2.17. The summed E-state index contributed by atoms with van der Waals surface area (Å²) in [6.45, 7) is 0. The van der Waals surface area contributed by atoms with Crippen LogP contribution < -0.4 is 5.43 Å². The van der Waals surface area contributed by atoms with E-state index in [9.17, 15) is 4.79 Å². The van der Waals surface area contributed by atoms with Gasteiger partial charge in [-0.2, -0.15) is 10.2 Å². The molecule has 0 spiro atoms. The van der Waals surface area contributed by atoms with Gasteiger partial charge in [0.25, 0.3) is 5.91 Å². The fourth-order valence-corrected chi connectivity index (χ4v) is 2.75. The van der Waals surface area contributed by atoms with E-state index in [1.165, 1.54) is 0 Å². The maximum absolute atomic E-state index is 12.0. The van der Waals surface area contributed by atoms with Crippen molar-refractivity contribution in [2.75, 3.05) is 0 Å². The highest BCUT2D eigenvalue weighted by molar-refractivity contribution is 9.10. The maximum Gasteiger partial charge on any atom is 0.293 e. The molecule has 0 unspecified atom stereocenters. The highest BCUT2D eigenvalue weighted by atomic mass is 79.9. The lowest BCUT2D eigenvalue weighted by atomic mass is 10.1. The van der Waals surface area contributed by atoms with Crippen LogP contribution in [-0.2, 0) is 7.05 Å². The second-order valence-electron chi connectivity index (χ2n) is 4.77. The van der Waals surface area contributed by atoms with Crippen LogP contribution >= 0.6 is 15.9 Å². The SMILES string of the molecule is Cn1cc(Br)c(C(=O)N/N=C/c2cccc3ccccc23)n1. The minimum absolute atomic E-state index is 0.303. The summed E-state index contributed by atoms with van der Waals surface area (Å²) in [6, 6.07) is 14.0. The van der Waals surface area contributed by atoms with E-state index in [1.54, 1.807) is 24.1 Å². The van der Waals surface area contributed by atoms with Crippen LogP contribution in [0.4, 0.5) is 0 Å². The largest absolute Gasteiger partial charge is 0.293 e. The Labute approximate surface area is 135 Å². The van der Waals surface area contributed by atoms with Crippen molar-refractivity contribution in [1.29, 1.82) is 0 Å². The number of hydrogen-bond acceptors (Lipinski definition) is 3. The van der Waals surface area contributed by atoms with E-state index in [2.05, 4.69) is 31.6 Å². The van der Waals surface area contributed by atoms with Crippen molar-refractivity contribution in [2.24, 2.45) is 12.1 Å². The molecule has 3 aromatic rings. The van der Waals surface area contributed by atoms with Crippen molar-refractivity contribution in [3.8, 4) is 0 Å². The lowest BCUT2D eigenvalue weighted by Crippen LogP contribution is -2.19. The first-order valence-electron chi connectivity index (χ1n) is 6.65. The Hall–Kier alpha value is -2.47. The third-order valence-electron chi connectivity index (χ3n) is 3.19. The fraction of sp³-hybridized carbons (Fsp3) is 0.0625. The van der Waals surface area contributed by atoms with Crippen LogP contribution in [-0.4, -0.2) is 21.9 Å². The first-order valence-corrected chi connectivity index (χ1v) is 7.45. The normalized spacial score (nSPS) is 11.2. The summed E-state index contributed by atoms with van der Waals surface area (Å²) in [5.41, 5.74) is 3.74. The second-order valence-corrected chi connectivity index (χ2v) is 5.62. The average molecular weight is 357 g/mol. The molecule has 22 heavy (non-hydrogen) atoms. The number of aromatic nitrogens is 2. The van der Waals surface area contributed by atoms with Crippen molar-refractivity contribution >= 4 is 38.8 Å². The van der Waals surface area contributed by atoms with Crippen LogP contribution in [0.3, 0.4) is 0 Å². The molecule has 0 aliphatic carbocycles. The number of hydrogen-bond donors (Lipinski definition) is 1. The molecule has 0 saturated heterocycles. The van der Waals surface area contributed by atoms with Gasteiger partial charge in [0.05, 0.1) is 10.7 Å². The molecule has 1 aromatic heterocycles. The molecule has 0 saturated carbocycles. The number of rotatable bonds is 3. The third-order valence-corrected chi connectivity index (χ3v) is 3.77. The van der Waals surface area contributed by atoms with E-state index in [1.807, 2.05) is 42.5 Å². The van der Waals surface area contributed by atoms with Gasteiger partial charge < -0.3 is 0 Å². The van der Waals surface area contributed by atoms with Crippen molar-refractivity contribution in [3.05, 3.63) is 64.4 Å². The second kappa shape index (κ2) is 6.11. The van der Waals surface area contributed by atoms with E-state index < -0.39 is 0 Å². The van der Waals surface area contributed by atoms with Crippen molar-refractivity contribution < 1.29 is 4.79 Å². The van der Waals surface area contributed by atoms with Gasteiger partial charge in [-0.1, -0.05) is 42.5 Å². The van der Waals surface area contributed by atoms with Gasteiger partial charge >= 0.3 is 0 Å². The van der Waals surface area contributed by atoms with Gasteiger partial charge in [0, 0.05) is 18.8 Å². The smallest absolute Gasteiger partial charge is 0.274 e. The van der Waals surface area contributed by atoms with Crippen LogP contribution in [0.5, 0.6) is 0 Å². The van der Waals surface area contributed by atoms with Crippen LogP contribution in [0.25, 0.3) is 10.8 Å². The number of nitrogens with zero attached hydrogens (tertiary/aromatic N) is 3. The Balaban J connectivity index is 1.79. The number of hydrazone groups is 1. The molecule has 1 amide bonds. The van der Waals surface area contributed by atoms with E-state index in [0.29, 0.717) is 10.2 Å². The molecule has 0 aliphatic rings. The first kappa shape index (κ1) is 14.5. The summed E-state index contributed by atoms with van der Waals surface area (Å²) in [5.74, 6) is -0.357. The van der Waals surface area contributed by atoms with E-state index in [4.69, 9.17) is 0 Å². The average Bonchev–Trinajstić information content (AvgIpc) is 2.86. The fourth-order valence-electron chi connectivity index (χ4n) is 2.19. The van der Waals surface area contributed by atoms with Crippen molar-refractivity contribution in [3.63, 3.8) is 0 Å². The van der Waals surface area contributed by atoms with Gasteiger partial charge in [-0.15, -0.1) is 0 Å². The van der Waals surface area contributed by atoms with Gasteiger partial charge in [-0.3, -0.25) is 9.48 Å². The summed E-state index contributed by atoms with van der Waals surface area (Å²) in [7, 11) is 1.75. The predicted molar refractivity (Wildman–Crippen MR) is 89.9 cm³/mol. The lowest BCUT2D eigenvalue weighted by molar-refractivity contribution is 0.0948. The van der Waals surface area contributed by atoms with Crippen LogP contribution in [0.1, 0.15) is 16.1 Å². The van der Waals surface area contributed by atoms with Crippen LogP contribution in [0, 0.1) is 0 Å². The standard InChI is InChI=1S/C16H13BrN4O/c1-21-10-14(17)15(20-21)16(22)19-18-9-12-7-4-6-11-5-2-3-8-13(11)12/h2-10H,1H3,(H,19,22)/b18-9+. The minimum Gasteiger partial charge on any atom is -0.274 e. The molecule has 1 heterocycles. The Kier molecular flexibility index (Phi) is 4.02. The van der Waals surface area contributed by atoms with E-state index >= 15 is 0 Å². The summed E-state index contributed by atoms with van der Waals surface area (Å²) >= 11 is 3.29. The van der Waals surface area contributed by atoms with Gasteiger partial charge in [0.1, 0.15) is 0 Å². The van der Waals surface area contributed by atoms with Crippen molar-refractivity contribution in [1.82, 2.24) is 15.2 Å². The molecule has 5 nitrogen and oxygen atoms in total. The molecule has 0 atom stereocenters. The van der Waals surface area contributed by atoms with Gasteiger partial charge in [-0.25, -0.2) is 5.43 Å². The summed E-state index contributed by atoms with van der Waals surface area (Å²) in [4.78, 5) is 12.0. The van der Waals surface area contributed by atoms with Gasteiger partial charge in [0.15, 0.2) is 5.69 Å². The molecular weight excluding hydrogens is 344 g/mol. The van der Waals surface area contributed by atoms with Crippen LogP contribution in [0.2, 0.25) is 0 Å². The maximum atomic E-state index is 12.0. The zero-order valence-corrected chi connectivity index (χ0v) is 13.4. The number of amides is 1. The highest BCUT2D eigenvalue weighted by Gasteiger charge is 2.13. The third kappa shape index (κ3) is 2.92. The Morgan fingerprint density at radius 1 is 1.27 bits per heavy atom. The molecule has 0 aliphatic heterocycles. The summed E-state index contributed by atoms with van der Waals surface area (Å²) in [5, 5.41) is 10.3. The number of aryl methyl sites for hydroxylation is 1. The number of carbonyl (C=O) groups is 1. The summed E-state index contributed by atoms with van der Waals surface area (Å²) < 4.78 is 2.20. The first-order chi connectivity index (χ1) is 10.6. The van der Waals surface area contributed by atoms with Crippen molar-refractivity contribution in [2.45, 2.75) is 0 Å². The van der Waals surface area contributed by atoms with E-state index in [-0.39, 0.29) is 5.91 Å². The van der Waals surface area contributed by atoms with Gasteiger partial charge in [-0.05, 0) is 26.7 Å². The monoisotopic (exact) mass is 356 g/mol. The molecule has 2 aromatic carbocycles. The molecule has 0 fully saturated rings.